The van der Waals surface area contributed by atoms with Crippen LogP contribution in [0.2, 0.25) is 5.28 Å². The summed E-state index contributed by atoms with van der Waals surface area (Å²) in [5.41, 5.74) is 1.71. The highest BCUT2D eigenvalue weighted by Crippen LogP contribution is 2.31. The topological polar surface area (TPSA) is 93.3 Å². The summed E-state index contributed by atoms with van der Waals surface area (Å²) in [4.78, 5) is 12.3. The molecular formula is C11H13ClN4O3. The maximum absolute atomic E-state index is 10.00. The molecule has 0 radical (unpaired) electrons. The summed E-state index contributed by atoms with van der Waals surface area (Å²) in [6, 6.07) is 0. The Morgan fingerprint density at radius 2 is 2.05 bits per heavy atom. The Morgan fingerprint density at radius 3 is 2.68 bits per heavy atom. The maximum atomic E-state index is 10.00. The number of aromatic nitrogens is 4. The van der Waals surface area contributed by atoms with Crippen molar-refractivity contribution >= 4 is 22.8 Å². The molecule has 0 aliphatic carbocycles. The molecule has 1 saturated heterocycles. The number of aliphatic hydroxyl groups is 2. The van der Waals surface area contributed by atoms with Crippen LogP contribution in [0.3, 0.4) is 0 Å². The van der Waals surface area contributed by atoms with Crippen molar-refractivity contribution in [2.45, 2.75) is 38.4 Å². The molecule has 3 rings (SSSR count). The number of hydrogen-bond acceptors (Lipinski definition) is 6. The van der Waals surface area contributed by atoms with Crippen LogP contribution in [0, 0.1) is 6.92 Å². The fourth-order valence-corrected chi connectivity index (χ4v) is 2.47. The fraction of sp³-hybridized carbons (Fsp3) is 0.545. The van der Waals surface area contributed by atoms with Crippen molar-refractivity contribution in [1.82, 2.24) is 19.5 Å². The van der Waals surface area contributed by atoms with Crippen LogP contribution in [-0.2, 0) is 4.74 Å². The fourth-order valence-electron chi connectivity index (χ4n) is 2.27. The Balaban J connectivity index is 2.11. The number of aliphatic hydroxyl groups excluding tert-OH is 2. The third-order valence-corrected chi connectivity index (χ3v) is 3.49. The van der Waals surface area contributed by atoms with E-state index in [9.17, 15) is 10.2 Å². The van der Waals surface area contributed by atoms with Crippen molar-refractivity contribution < 1.29 is 14.9 Å². The number of fused-ring (bicyclic) bond motifs is 1. The molecule has 8 heteroatoms. The van der Waals surface area contributed by atoms with E-state index in [0.717, 1.165) is 0 Å². The van der Waals surface area contributed by atoms with E-state index in [0.29, 0.717) is 16.9 Å². The van der Waals surface area contributed by atoms with Crippen molar-refractivity contribution in [3.05, 3.63) is 17.3 Å². The first-order valence-corrected chi connectivity index (χ1v) is 6.25. The van der Waals surface area contributed by atoms with Gasteiger partial charge in [0.2, 0.25) is 5.28 Å². The van der Waals surface area contributed by atoms with E-state index >= 15 is 0 Å². The van der Waals surface area contributed by atoms with E-state index in [2.05, 4.69) is 15.0 Å². The van der Waals surface area contributed by atoms with Crippen LogP contribution in [0.5, 0.6) is 0 Å². The number of imidazole rings is 1. The summed E-state index contributed by atoms with van der Waals surface area (Å²) in [7, 11) is 0. The van der Waals surface area contributed by atoms with E-state index in [1.54, 1.807) is 18.4 Å². The maximum Gasteiger partial charge on any atom is 0.224 e. The van der Waals surface area contributed by atoms with Crippen LogP contribution in [-0.4, -0.2) is 48.0 Å². The van der Waals surface area contributed by atoms with Gasteiger partial charge in [-0.3, -0.25) is 4.57 Å². The number of rotatable bonds is 1. The second-order valence-electron chi connectivity index (χ2n) is 4.62. The molecule has 0 amide bonds. The van der Waals surface area contributed by atoms with Gasteiger partial charge in [-0.15, -0.1) is 0 Å². The lowest BCUT2D eigenvalue weighted by Crippen LogP contribution is -2.30. The van der Waals surface area contributed by atoms with Gasteiger partial charge < -0.3 is 14.9 Å². The van der Waals surface area contributed by atoms with E-state index in [4.69, 9.17) is 16.3 Å². The van der Waals surface area contributed by atoms with Crippen molar-refractivity contribution in [3.63, 3.8) is 0 Å². The number of aryl methyl sites for hydroxylation is 1. The molecule has 102 valence electrons. The van der Waals surface area contributed by atoms with Crippen molar-refractivity contribution in [3.8, 4) is 0 Å². The summed E-state index contributed by atoms with van der Waals surface area (Å²) in [6.45, 7) is 3.47. The zero-order chi connectivity index (χ0) is 13.7. The van der Waals surface area contributed by atoms with Crippen LogP contribution in [0.15, 0.2) is 6.33 Å². The van der Waals surface area contributed by atoms with Gasteiger partial charge >= 0.3 is 0 Å². The van der Waals surface area contributed by atoms with Gasteiger partial charge in [0.1, 0.15) is 17.7 Å². The quantitative estimate of drug-likeness (QED) is 0.738. The lowest BCUT2D eigenvalue weighted by atomic mass is 10.1. The summed E-state index contributed by atoms with van der Waals surface area (Å²) in [5.74, 6) is 0. The third-order valence-electron chi connectivity index (χ3n) is 3.32. The summed E-state index contributed by atoms with van der Waals surface area (Å²) in [5, 5.41) is 19.9. The van der Waals surface area contributed by atoms with E-state index in [-0.39, 0.29) is 5.28 Å². The average molecular weight is 285 g/mol. The molecule has 2 aromatic rings. The molecule has 0 unspecified atom stereocenters. The molecule has 0 spiro atoms. The molecule has 0 aromatic carbocycles. The Hall–Kier alpha value is -1.28. The highest BCUT2D eigenvalue weighted by Gasteiger charge is 2.42. The second kappa shape index (κ2) is 4.38. The molecule has 1 aliphatic heterocycles. The highest BCUT2D eigenvalue weighted by molar-refractivity contribution is 6.28. The van der Waals surface area contributed by atoms with Gasteiger partial charge in [0.25, 0.3) is 0 Å². The standard InChI is InChI=1S/C11H13ClN4O3/c1-4-6-9(15-11(12)14-4)16(3-13-6)10-8(18)7(17)5(2)19-10/h3,5,7-8,10,17-18H,1-2H3/t5-,7-,8-,10-/m1/s1. The van der Waals surface area contributed by atoms with Crippen molar-refractivity contribution in [1.29, 1.82) is 0 Å². The molecule has 2 aromatic heterocycles. The minimum Gasteiger partial charge on any atom is -0.388 e. The van der Waals surface area contributed by atoms with Crippen LogP contribution in [0.25, 0.3) is 11.2 Å². The Kier molecular flexibility index (Phi) is 2.94. The molecule has 19 heavy (non-hydrogen) atoms. The monoisotopic (exact) mass is 284 g/mol. The minimum absolute atomic E-state index is 0.104. The van der Waals surface area contributed by atoms with Gasteiger partial charge in [-0.25, -0.2) is 9.97 Å². The second-order valence-corrected chi connectivity index (χ2v) is 4.95. The predicted molar refractivity (Wildman–Crippen MR) is 66.7 cm³/mol. The van der Waals surface area contributed by atoms with Crippen LogP contribution in [0.4, 0.5) is 0 Å². The Bertz CT molecular complexity index is 632. The van der Waals surface area contributed by atoms with Crippen molar-refractivity contribution in [2.75, 3.05) is 0 Å². The number of nitrogens with zero attached hydrogens (tertiary/aromatic N) is 4. The summed E-state index contributed by atoms with van der Waals surface area (Å²) < 4.78 is 7.10. The van der Waals surface area contributed by atoms with Gasteiger partial charge in [-0.2, -0.15) is 4.98 Å². The minimum atomic E-state index is -1.04. The van der Waals surface area contributed by atoms with E-state index in [1.807, 2.05) is 0 Å². The lowest BCUT2D eigenvalue weighted by molar-refractivity contribution is -0.0299. The van der Waals surface area contributed by atoms with Crippen molar-refractivity contribution in [2.24, 2.45) is 0 Å². The lowest BCUT2D eigenvalue weighted by Gasteiger charge is -2.16. The van der Waals surface area contributed by atoms with E-state index in [1.165, 1.54) is 6.33 Å². The van der Waals surface area contributed by atoms with Gasteiger partial charge in [0.15, 0.2) is 11.9 Å². The molecule has 0 bridgehead atoms. The molecular weight excluding hydrogens is 272 g/mol. The van der Waals surface area contributed by atoms with Gasteiger partial charge in [-0.05, 0) is 25.4 Å². The molecule has 0 saturated carbocycles. The smallest absolute Gasteiger partial charge is 0.224 e. The Labute approximate surface area is 113 Å². The molecule has 1 fully saturated rings. The zero-order valence-corrected chi connectivity index (χ0v) is 11.1. The molecule has 3 heterocycles. The predicted octanol–water partition coefficient (Wildman–Crippen LogP) is 0.427. The van der Waals surface area contributed by atoms with Crippen LogP contribution < -0.4 is 0 Å². The van der Waals surface area contributed by atoms with Crippen LogP contribution in [0.1, 0.15) is 18.8 Å². The highest BCUT2D eigenvalue weighted by atomic mass is 35.5. The first kappa shape index (κ1) is 12.7. The zero-order valence-electron chi connectivity index (χ0n) is 10.4. The van der Waals surface area contributed by atoms with Crippen LogP contribution >= 0.6 is 11.6 Å². The average Bonchev–Trinajstić information content (AvgIpc) is 2.86. The van der Waals surface area contributed by atoms with Gasteiger partial charge in [0.05, 0.1) is 18.1 Å². The molecule has 7 nitrogen and oxygen atoms in total. The molecule has 1 aliphatic rings. The summed E-state index contributed by atoms with van der Waals surface area (Å²) >= 11 is 5.84. The number of halogens is 1. The SMILES string of the molecule is Cc1nc(Cl)nc2c1ncn2[C@@H]1O[C@H](C)[C@@H](O)[C@H]1O. The first-order chi connectivity index (χ1) is 8.99. The van der Waals surface area contributed by atoms with E-state index < -0.39 is 24.5 Å². The number of ether oxygens (including phenoxy) is 1. The largest absolute Gasteiger partial charge is 0.388 e. The third kappa shape index (κ3) is 1.90. The molecule has 2 N–H and O–H groups in total. The molecule has 4 atom stereocenters. The van der Waals surface area contributed by atoms with Gasteiger partial charge in [-0.1, -0.05) is 0 Å². The normalized spacial score (nSPS) is 31.2. The number of hydrogen-bond donors (Lipinski definition) is 2. The first-order valence-electron chi connectivity index (χ1n) is 5.87. The van der Waals surface area contributed by atoms with Gasteiger partial charge in [0, 0.05) is 0 Å². The Morgan fingerprint density at radius 1 is 1.32 bits per heavy atom. The summed E-state index contributed by atoms with van der Waals surface area (Å²) in [6.07, 6.45) is -1.68.